The van der Waals surface area contributed by atoms with Crippen LogP contribution in [-0.2, 0) is 4.79 Å². The van der Waals surface area contributed by atoms with E-state index in [1.807, 2.05) is 23.6 Å². The van der Waals surface area contributed by atoms with Crippen LogP contribution >= 0.6 is 11.8 Å². The Kier molecular flexibility index (Phi) is 2.79. The first-order chi connectivity index (χ1) is 6.27. The molecule has 0 aliphatic carbocycles. The van der Waals surface area contributed by atoms with Crippen molar-refractivity contribution in [3.05, 3.63) is 0 Å². The minimum Gasteiger partial charge on any atom is -0.327 e. The Morgan fingerprint density at radius 1 is 1.69 bits per heavy atom. The maximum Gasteiger partial charge on any atom is 0.240 e. The van der Waals surface area contributed by atoms with E-state index in [-0.39, 0.29) is 11.9 Å². The normalized spacial score (nSPS) is 34.5. The molecule has 0 spiro atoms. The molecule has 13 heavy (non-hydrogen) atoms. The van der Waals surface area contributed by atoms with E-state index >= 15 is 0 Å². The lowest BCUT2D eigenvalue weighted by Gasteiger charge is -2.18. The van der Waals surface area contributed by atoms with Gasteiger partial charge in [-0.25, -0.2) is 0 Å². The SMILES string of the molecule is CC1NCN(CC2CCCS2)C1=O. The van der Waals surface area contributed by atoms with Crippen LogP contribution in [0.1, 0.15) is 19.8 Å². The molecule has 4 heteroatoms. The minimum atomic E-state index is 0.0337. The van der Waals surface area contributed by atoms with E-state index in [2.05, 4.69) is 5.32 Å². The predicted octanol–water partition coefficient (Wildman–Crippen LogP) is 0.660. The maximum atomic E-state index is 11.5. The Morgan fingerprint density at radius 2 is 2.54 bits per heavy atom. The Bertz CT molecular complexity index is 204. The van der Waals surface area contributed by atoms with Crippen LogP contribution in [-0.4, -0.2) is 41.1 Å². The van der Waals surface area contributed by atoms with Gasteiger partial charge in [-0.1, -0.05) is 0 Å². The van der Waals surface area contributed by atoms with Gasteiger partial charge >= 0.3 is 0 Å². The van der Waals surface area contributed by atoms with Gasteiger partial charge in [0.2, 0.25) is 5.91 Å². The van der Waals surface area contributed by atoms with Crippen molar-refractivity contribution in [2.24, 2.45) is 0 Å². The summed E-state index contributed by atoms with van der Waals surface area (Å²) in [4.78, 5) is 13.5. The highest BCUT2D eigenvalue weighted by Crippen LogP contribution is 2.27. The van der Waals surface area contributed by atoms with Crippen molar-refractivity contribution in [3.8, 4) is 0 Å². The molecule has 2 unspecified atom stereocenters. The van der Waals surface area contributed by atoms with Gasteiger partial charge in [0.25, 0.3) is 0 Å². The number of nitrogens with zero attached hydrogens (tertiary/aromatic N) is 1. The third kappa shape index (κ3) is 1.99. The van der Waals surface area contributed by atoms with Crippen molar-refractivity contribution in [2.75, 3.05) is 19.0 Å². The van der Waals surface area contributed by atoms with Crippen LogP contribution in [0.4, 0.5) is 0 Å². The summed E-state index contributed by atoms with van der Waals surface area (Å²) in [6.45, 7) is 3.63. The highest BCUT2D eigenvalue weighted by molar-refractivity contribution is 8.00. The Morgan fingerprint density at radius 3 is 3.08 bits per heavy atom. The molecule has 2 aliphatic heterocycles. The molecule has 2 atom stereocenters. The molecule has 0 aromatic rings. The largest absolute Gasteiger partial charge is 0.327 e. The van der Waals surface area contributed by atoms with Crippen molar-refractivity contribution in [1.82, 2.24) is 10.2 Å². The van der Waals surface area contributed by atoms with E-state index in [4.69, 9.17) is 0 Å². The lowest BCUT2D eigenvalue weighted by Crippen LogP contribution is -2.33. The Balaban J connectivity index is 1.84. The summed E-state index contributed by atoms with van der Waals surface area (Å²) >= 11 is 2.01. The molecule has 1 amide bonds. The summed E-state index contributed by atoms with van der Waals surface area (Å²) in [6, 6.07) is 0.0337. The molecule has 3 nitrogen and oxygen atoms in total. The zero-order valence-electron chi connectivity index (χ0n) is 7.95. The van der Waals surface area contributed by atoms with E-state index in [1.54, 1.807) is 0 Å². The fraction of sp³-hybridized carbons (Fsp3) is 0.889. The molecule has 0 aromatic heterocycles. The first kappa shape index (κ1) is 9.34. The summed E-state index contributed by atoms with van der Waals surface area (Å²) < 4.78 is 0. The third-order valence-corrected chi connectivity index (χ3v) is 4.10. The molecular formula is C9H16N2OS. The Hall–Kier alpha value is -0.220. The highest BCUT2D eigenvalue weighted by Gasteiger charge is 2.29. The van der Waals surface area contributed by atoms with Gasteiger partial charge in [0.1, 0.15) is 0 Å². The summed E-state index contributed by atoms with van der Waals surface area (Å²) in [5.74, 6) is 1.54. The number of hydrogen-bond acceptors (Lipinski definition) is 3. The van der Waals surface area contributed by atoms with E-state index in [1.165, 1.54) is 18.6 Å². The minimum absolute atomic E-state index is 0.0337. The van der Waals surface area contributed by atoms with Crippen molar-refractivity contribution < 1.29 is 4.79 Å². The number of hydrogen-bond donors (Lipinski definition) is 1. The zero-order valence-corrected chi connectivity index (χ0v) is 8.77. The van der Waals surface area contributed by atoms with Crippen molar-refractivity contribution in [2.45, 2.75) is 31.1 Å². The van der Waals surface area contributed by atoms with Crippen molar-refractivity contribution in [3.63, 3.8) is 0 Å². The average Bonchev–Trinajstić information content (AvgIpc) is 2.71. The molecule has 2 rings (SSSR count). The first-order valence-corrected chi connectivity index (χ1v) is 5.96. The van der Waals surface area contributed by atoms with Crippen LogP contribution in [0.25, 0.3) is 0 Å². The van der Waals surface area contributed by atoms with Gasteiger partial charge in [-0.3, -0.25) is 10.1 Å². The first-order valence-electron chi connectivity index (χ1n) is 4.91. The quantitative estimate of drug-likeness (QED) is 0.710. The lowest BCUT2D eigenvalue weighted by atomic mass is 10.2. The number of rotatable bonds is 2. The molecule has 74 valence electrons. The number of thioether (sulfide) groups is 1. The zero-order chi connectivity index (χ0) is 9.26. The topological polar surface area (TPSA) is 32.3 Å². The molecule has 0 radical (unpaired) electrons. The predicted molar refractivity (Wildman–Crippen MR) is 54.7 cm³/mol. The maximum absolute atomic E-state index is 11.5. The third-order valence-electron chi connectivity index (χ3n) is 2.72. The van der Waals surface area contributed by atoms with E-state index in [0.717, 1.165) is 13.2 Å². The fourth-order valence-corrected chi connectivity index (χ4v) is 3.16. The van der Waals surface area contributed by atoms with Crippen LogP contribution < -0.4 is 5.32 Å². The van der Waals surface area contributed by atoms with Gasteiger partial charge < -0.3 is 4.90 Å². The lowest BCUT2D eigenvalue weighted by molar-refractivity contribution is -0.128. The second-order valence-electron chi connectivity index (χ2n) is 3.78. The summed E-state index contributed by atoms with van der Waals surface area (Å²) in [5, 5.41) is 3.85. The highest BCUT2D eigenvalue weighted by atomic mass is 32.2. The average molecular weight is 200 g/mol. The van der Waals surface area contributed by atoms with Crippen molar-refractivity contribution in [1.29, 1.82) is 0 Å². The van der Waals surface area contributed by atoms with Crippen molar-refractivity contribution >= 4 is 17.7 Å². The van der Waals surface area contributed by atoms with Gasteiger partial charge in [0.15, 0.2) is 0 Å². The molecule has 0 bridgehead atoms. The molecule has 2 fully saturated rings. The van der Waals surface area contributed by atoms with Gasteiger partial charge in [-0.05, 0) is 25.5 Å². The second-order valence-corrected chi connectivity index (χ2v) is 5.19. The Labute approximate surface area is 83.2 Å². The molecular weight excluding hydrogens is 184 g/mol. The molecule has 2 heterocycles. The van der Waals surface area contributed by atoms with E-state index in [9.17, 15) is 4.79 Å². The number of carbonyl (C=O) groups is 1. The van der Waals surface area contributed by atoms with Crippen LogP contribution in [0.3, 0.4) is 0 Å². The van der Waals surface area contributed by atoms with Crippen LogP contribution in [0.2, 0.25) is 0 Å². The van der Waals surface area contributed by atoms with Crippen LogP contribution in [0.5, 0.6) is 0 Å². The molecule has 0 aromatic carbocycles. The fourth-order valence-electron chi connectivity index (χ4n) is 1.87. The standard InChI is InChI=1S/C9H16N2OS/c1-7-9(12)11(6-10-7)5-8-3-2-4-13-8/h7-8,10H,2-6H2,1H3. The smallest absolute Gasteiger partial charge is 0.240 e. The monoisotopic (exact) mass is 200 g/mol. The molecule has 0 saturated carbocycles. The summed E-state index contributed by atoms with van der Waals surface area (Å²) in [7, 11) is 0. The van der Waals surface area contributed by atoms with Gasteiger partial charge in [0.05, 0.1) is 12.7 Å². The van der Waals surface area contributed by atoms with Crippen LogP contribution in [0.15, 0.2) is 0 Å². The second kappa shape index (κ2) is 3.88. The van der Waals surface area contributed by atoms with E-state index < -0.39 is 0 Å². The molecule has 1 N–H and O–H groups in total. The number of nitrogens with one attached hydrogen (secondary N) is 1. The molecule has 2 saturated heterocycles. The number of carbonyl (C=O) groups excluding carboxylic acids is 1. The van der Waals surface area contributed by atoms with Gasteiger partial charge in [0, 0.05) is 11.8 Å². The summed E-state index contributed by atoms with van der Waals surface area (Å²) in [5.41, 5.74) is 0. The van der Waals surface area contributed by atoms with Gasteiger partial charge in [-0.2, -0.15) is 11.8 Å². The van der Waals surface area contributed by atoms with Gasteiger partial charge in [-0.15, -0.1) is 0 Å². The number of amides is 1. The molecule has 2 aliphatic rings. The van der Waals surface area contributed by atoms with E-state index in [0.29, 0.717) is 5.25 Å². The summed E-state index contributed by atoms with van der Waals surface area (Å²) in [6.07, 6.45) is 2.60. The van der Waals surface area contributed by atoms with Crippen LogP contribution in [0, 0.1) is 0 Å².